The van der Waals surface area contributed by atoms with Crippen LogP contribution in [-0.2, 0) is 0 Å². The second-order valence-corrected chi connectivity index (χ2v) is 15.6. The van der Waals surface area contributed by atoms with Crippen LogP contribution < -0.4 is 4.90 Å². The smallest absolute Gasteiger partial charge is 0.0645 e. The van der Waals surface area contributed by atoms with E-state index in [0.29, 0.717) is 0 Å². The number of rotatable bonds is 6. The van der Waals surface area contributed by atoms with Gasteiger partial charge in [-0.15, -0.1) is 11.3 Å². The normalized spacial score (nSPS) is 13.0. The molecule has 0 spiro atoms. The number of aromatic nitrogens is 2. The molecule has 3 heterocycles. The lowest BCUT2D eigenvalue weighted by atomic mass is 9.97. The molecule has 0 saturated heterocycles. The van der Waals surface area contributed by atoms with Crippen molar-refractivity contribution in [2.24, 2.45) is 0 Å². The molecule has 0 atom stereocenters. The third-order valence-corrected chi connectivity index (χ3v) is 12.6. The maximum absolute atomic E-state index is 9.32. The van der Waals surface area contributed by atoms with Crippen molar-refractivity contribution >= 4 is 92.2 Å². The summed E-state index contributed by atoms with van der Waals surface area (Å²) in [5.41, 5.74) is 9.98. The Morgan fingerprint density at radius 2 is 1.07 bits per heavy atom. The molecule has 58 heavy (non-hydrogen) atoms. The lowest BCUT2D eigenvalue weighted by Crippen LogP contribution is -2.09. The van der Waals surface area contributed by atoms with Crippen LogP contribution in [0, 0.1) is 0 Å². The summed E-state index contributed by atoms with van der Waals surface area (Å²) in [7, 11) is 0. The van der Waals surface area contributed by atoms with Gasteiger partial charge >= 0.3 is 0 Å². The van der Waals surface area contributed by atoms with E-state index in [0.717, 1.165) is 92.3 Å². The molecule has 0 aliphatic rings. The van der Waals surface area contributed by atoms with Gasteiger partial charge in [0.1, 0.15) is 0 Å². The zero-order valence-corrected chi connectivity index (χ0v) is 31.9. The van der Waals surface area contributed by atoms with Gasteiger partial charge in [0.15, 0.2) is 0 Å². The van der Waals surface area contributed by atoms with Crippen molar-refractivity contribution in [1.82, 2.24) is 9.13 Å². The molecule has 0 aliphatic carbocycles. The Balaban J connectivity index is 1.24. The Morgan fingerprint density at radius 1 is 0.431 bits per heavy atom. The van der Waals surface area contributed by atoms with E-state index in [1.807, 2.05) is 59.2 Å². The molecule has 4 heteroatoms. The zero-order chi connectivity index (χ0) is 42.5. The van der Waals surface area contributed by atoms with Gasteiger partial charge in [0.25, 0.3) is 0 Å². The van der Waals surface area contributed by atoms with Gasteiger partial charge in [-0.3, -0.25) is 0 Å². The van der Waals surface area contributed by atoms with Crippen molar-refractivity contribution in [2.45, 2.75) is 0 Å². The fourth-order valence-electron chi connectivity index (χ4n) is 8.91. The van der Waals surface area contributed by atoms with Crippen LogP contribution in [0.5, 0.6) is 0 Å². The number of thiophene rings is 1. The van der Waals surface area contributed by atoms with Gasteiger partial charge < -0.3 is 14.0 Å². The largest absolute Gasteiger partial charge is 0.310 e. The Bertz CT molecular complexity index is 3730. The first-order valence-corrected chi connectivity index (χ1v) is 20.2. The molecule has 0 bridgehead atoms. The first-order valence-electron chi connectivity index (χ1n) is 21.9. The molecule has 0 amide bonds. The van der Waals surface area contributed by atoms with E-state index in [1.165, 1.54) is 5.39 Å². The summed E-state index contributed by atoms with van der Waals surface area (Å²) in [5.74, 6) is 0. The van der Waals surface area contributed by atoms with Crippen LogP contribution in [0.4, 0.5) is 17.1 Å². The Kier molecular flexibility index (Phi) is 6.33. The molecule has 0 radical (unpaired) electrons. The lowest BCUT2D eigenvalue weighted by Gasteiger charge is -2.25. The molecule has 3 nitrogen and oxygen atoms in total. The Labute approximate surface area is 346 Å². The summed E-state index contributed by atoms with van der Waals surface area (Å²) in [6.45, 7) is 0. The van der Waals surface area contributed by atoms with Crippen molar-refractivity contribution in [3.05, 3.63) is 212 Å². The lowest BCUT2D eigenvalue weighted by molar-refractivity contribution is 1.18. The molecule has 0 fully saturated rings. The maximum atomic E-state index is 9.32. The summed E-state index contributed by atoms with van der Waals surface area (Å²) in [5, 5.41) is 6.16. The SMILES string of the molecule is [2H]c1c([2H])c([2H])c(-n2c3ccc(N(c4ccccc4)c4ccccc4)cc3c3cc(-c4ccc5c6ccccc6n(-c6ccccc6)c5c4)c4sc5ccccc5c4c32)c([2H])c1[2H]. The van der Waals surface area contributed by atoms with E-state index in [-0.39, 0.29) is 29.9 Å². The molecule has 3 aromatic heterocycles. The van der Waals surface area contributed by atoms with Crippen LogP contribution in [0.1, 0.15) is 6.85 Å². The van der Waals surface area contributed by atoms with Crippen LogP contribution in [-0.4, -0.2) is 9.13 Å². The van der Waals surface area contributed by atoms with E-state index < -0.39 is 6.04 Å². The van der Waals surface area contributed by atoms with E-state index in [9.17, 15) is 2.74 Å². The van der Waals surface area contributed by atoms with Gasteiger partial charge in [0.05, 0.1) is 28.9 Å². The Hall–Kier alpha value is -7.40. The highest BCUT2D eigenvalue weighted by molar-refractivity contribution is 7.26. The molecule has 0 saturated carbocycles. The first-order chi connectivity index (χ1) is 30.9. The molecular formula is C54H35N3S. The number of fused-ring (bicyclic) bond motifs is 10. The number of para-hydroxylation sites is 5. The number of benzene rings is 9. The van der Waals surface area contributed by atoms with Gasteiger partial charge in [0.2, 0.25) is 0 Å². The molecule has 9 aromatic carbocycles. The minimum atomic E-state index is -0.421. The standard InChI is InChI=1S/C54H35N3S/c1-5-17-37(18-6-1)55(38-19-7-2-8-20-38)41-30-32-49-46(34-41)47-35-45(54-52(44-26-14-16-28-51(44)58-54)53(47)57(49)40-23-11-4-12-24-40)36-29-31-43-42-25-13-15-27-48(42)56(50(43)33-36)39-21-9-3-10-22-39/h1-35H/i4D,11D,12D,23D,24D. The quantitative estimate of drug-likeness (QED) is 0.164. The zero-order valence-electron chi connectivity index (χ0n) is 36.1. The number of nitrogens with zero attached hydrogens (tertiary/aromatic N) is 3. The minimum absolute atomic E-state index is 0.120. The Morgan fingerprint density at radius 3 is 1.83 bits per heavy atom. The number of hydrogen-bond acceptors (Lipinski definition) is 2. The van der Waals surface area contributed by atoms with Gasteiger partial charge in [-0.25, -0.2) is 0 Å². The van der Waals surface area contributed by atoms with Crippen molar-refractivity contribution in [3.63, 3.8) is 0 Å². The fourth-order valence-corrected chi connectivity index (χ4v) is 10.2. The van der Waals surface area contributed by atoms with Gasteiger partial charge in [0, 0.05) is 75.7 Å². The van der Waals surface area contributed by atoms with Crippen LogP contribution in [0.2, 0.25) is 0 Å². The number of anilines is 3. The third-order valence-electron chi connectivity index (χ3n) is 11.4. The topological polar surface area (TPSA) is 13.1 Å². The van der Waals surface area contributed by atoms with Crippen LogP contribution in [0.3, 0.4) is 0 Å². The molecule has 12 aromatic rings. The van der Waals surface area contributed by atoms with E-state index in [1.54, 1.807) is 11.3 Å². The molecular weight excluding hydrogens is 723 g/mol. The molecule has 0 aliphatic heterocycles. The summed E-state index contributed by atoms with van der Waals surface area (Å²) in [4.78, 5) is 2.23. The van der Waals surface area contributed by atoms with Crippen LogP contribution >= 0.6 is 11.3 Å². The van der Waals surface area contributed by atoms with Gasteiger partial charge in [-0.05, 0) is 96.5 Å². The molecule has 0 unspecified atom stereocenters. The van der Waals surface area contributed by atoms with Crippen molar-refractivity contribution < 1.29 is 6.85 Å². The second-order valence-electron chi connectivity index (χ2n) is 14.6. The first kappa shape index (κ1) is 28.1. The average molecular weight is 763 g/mol. The summed E-state index contributed by atoms with van der Waals surface area (Å²) < 4.78 is 51.2. The number of hydrogen-bond donors (Lipinski definition) is 0. The monoisotopic (exact) mass is 762 g/mol. The van der Waals surface area contributed by atoms with Crippen LogP contribution in [0.25, 0.3) is 86.3 Å². The van der Waals surface area contributed by atoms with Crippen molar-refractivity contribution in [1.29, 1.82) is 0 Å². The highest BCUT2D eigenvalue weighted by atomic mass is 32.1. The maximum Gasteiger partial charge on any atom is 0.0645 e. The van der Waals surface area contributed by atoms with Crippen LogP contribution in [0.15, 0.2) is 212 Å². The average Bonchev–Trinajstić information content (AvgIpc) is 3.99. The molecule has 0 N–H and O–H groups in total. The van der Waals surface area contributed by atoms with E-state index in [4.69, 9.17) is 4.11 Å². The summed E-state index contributed by atoms with van der Waals surface area (Å²) >= 11 is 1.72. The summed E-state index contributed by atoms with van der Waals surface area (Å²) in [6.07, 6.45) is 0. The van der Waals surface area contributed by atoms with E-state index >= 15 is 0 Å². The summed E-state index contributed by atoms with van der Waals surface area (Å²) in [6, 6.07) is 61.6. The fraction of sp³-hybridized carbons (Fsp3) is 0. The highest BCUT2D eigenvalue weighted by Gasteiger charge is 2.24. The molecule has 272 valence electrons. The van der Waals surface area contributed by atoms with E-state index in [2.05, 4.69) is 137 Å². The van der Waals surface area contributed by atoms with Gasteiger partial charge in [-0.1, -0.05) is 121 Å². The van der Waals surface area contributed by atoms with Gasteiger partial charge in [-0.2, -0.15) is 0 Å². The third kappa shape index (κ3) is 4.99. The van der Waals surface area contributed by atoms with Crippen molar-refractivity contribution in [3.8, 4) is 22.5 Å². The predicted molar refractivity (Wildman–Crippen MR) is 248 cm³/mol. The second kappa shape index (κ2) is 13.1. The van der Waals surface area contributed by atoms with Crippen molar-refractivity contribution in [2.75, 3.05) is 4.90 Å². The molecule has 12 rings (SSSR count). The highest BCUT2D eigenvalue weighted by Crippen LogP contribution is 2.49. The minimum Gasteiger partial charge on any atom is -0.310 e. The predicted octanol–water partition coefficient (Wildman–Crippen LogP) is 15.4.